The van der Waals surface area contributed by atoms with Crippen LogP contribution in [-0.2, 0) is 13.0 Å². The summed E-state index contributed by atoms with van der Waals surface area (Å²) in [6.45, 7) is 1.49. The fourth-order valence-corrected chi connectivity index (χ4v) is 2.10. The van der Waals surface area contributed by atoms with Crippen LogP contribution in [0.3, 0.4) is 0 Å². The lowest BCUT2D eigenvalue weighted by Crippen LogP contribution is -2.83. The van der Waals surface area contributed by atoms with Gasteiger partial charge in [-0.2, -0.15) is 0 Å². The SMILES string of the molecule is COc1ccccc1CC[NH2+]Cc1ccc(F)c(F)c1. The maximum Gasteiger partial charge on any atom is 0.159 e. The number of hydrogen-bond donors (Lipinski definition) is 1. The second-order valence-electron chi connectivity index (χ2n) is 4.59. The fraction of sp³-hybridized carbons (Fsp3) is 0.250. The van der Waals surface area contributed by atoms with Gasteiger partial charge in [0.2, 0.25) is 0 Å². The predicted octanol–water partition coefficient (Wildman–Crippen LogP) is 2.28. The lowest BCUT2D eigenvalue weighted by atomic mass is 10.1. The van der Waals surface area contributed by atoms with Crippen LogP contribution in [0.5, 0.6) is 5.75 Å². The van der Waals surface area contributed by atoms with Gasteiger partial charge in [0.1, 0.15) is 12.3 Å². The molecule has 20 heavy (non-hydrogen) atoms. The maximum atomic E-state index is 13.0. The van der Waals surface area contributed by atoms with Crippen LogP contribution in [0.1, 0.15) is 11.1 Å². The minimum atomic E-state index is -0.803. The van der Waals surface area contributed by atoms with Gasteiger partial charge in [0, 0.05) is 12.0 Å². The van der Waals surface area contributed by atoms with Gasteiger partial charge >= 0.3 is 0 Å². The number of hydrogen-bond acceptors (Lipinski definition) is 1. The minimum Gasteiger partial charge on any atom is -0.496 e. The first kappa shape index (κ1) is 14.5. The minimum absolute atomic E-state index is 0.631. The quantitative estimate of drug-likeness (QED) is 0.806. The number of methoxy groups -OCH3 is 1. The molecule has 2 nitrogen and oxygen atoms in total. The van der Waals surface area contributed by atoms with Crippen molar-refractivity contribution in [2.24, 2.45) is 0 Å². The fourth-order valence-electron chi connectivity index (χ4n) is 2.10. The topological polar surface area (TPSA) is 25.8 Å². The lowest BCUT2D eigenvalue weighted by molar-refractivity contribution is -0.670. The molecule has 4 heteroatoms. The maximum absolute atomic E-state index is 13.0. The molecule has 2 aromatic rings. The van der Waals surface area contributed by atoms with Crippen molar-refractivity contribution in [1.82, 2.24) is 0 Å². The number of para-hydroxylation sites is 1. The molecule has 0 bridgehead atoms. The molecular formula is C16H18F2NO+. The van der Waals surface area contributed by atoms with Gasteiger partial charge < -0.3 is 10.1 Å². The Morgan fingerprint density at radius 2 is 1.85 bits per heavy atom. The van der Waals surface area contributed by atoms with Crippen molar-refractivity contribution in [2.75, 3.05) is 13.7 Å². The molecular weight excluding hydrogens is 260 g/mol. The van der Waals surface area contributed by atoms with E-state index in [0.717, 1.165) is 29.8 Å². The summed E-state index contributed by atoms with van der Waals surface area (Å²) in [5.41, 5.74) is 1.93. The third kappa shape index (κ3) is 3.78. The van der Waals surface area contributed by atoms with E-state index >= 15 is 0 Å². The Morgan fingerprint density at radius 1 is 1.05 bits per heavy atom. The van der Waals surface area contributed by atoms with E-state index in [4.69, 9.17) is 4.74 Å². The molecule has 0 radical (unpaired) electrons. The molecule has 0 saturated carbocycles. The Morgan fingerprint density at radius 3 is 2.60 bits per heavy atom. The highest BCUT2D eigenvalue weighted by molar-refractivity contribution is 5.33. The molecule has 0 atom stereocenters. The van der Waals surface area contributed by atoms with E-state index in [1.807, 2.05) is 24.3 Å². The van der Waals surface area contributed by atoms with E-state index in [0.29, 0.717) is 6.54 Å². The summed E-state index contributed by atoms with van der Waals surface area (Å²) < 4.78 is 31.1. The largest absolute Gasteiger partial charge is 0.496 e. The van der Waals surface area contributed by atoms with Crippen LogP contribution in [0.4, 0.5) is 8.78 Å². The highest BCUT2D eigenvalue weighted by Crippen LogP contribution is 2.16. The van der Waals surface area contributed by atoms with E-state index in [1.54, 1.807) is 13.2 Å². The molecule has 0 spiro atoms. The van der Waals surface area contributed by atoms with Crippen LogP contribution >= 0.6 is 0 Å². The molecule has 0 saturated heterocycles. The van der Waals surface area contributed by atoms with E-state index in [9.17, 15) is 8.78 Å². The Hall–Kier alpha value is -1.94. The van der Waals surface area contributed by atoms with Gasteiger partial charge in [0.25, 0.3) is 0 Å². The van der Waals surface area contributed by atoms with Crippen LogP contribution < -0.4 is 10.1 Å². The second-order valence-corrected chi connectivity index (χ2v) is 4.59. The van der Waals surface area contributed by atoms with Gasteiger partial charge in [0.15, 0.2) is 11.6 Å². The normalized spacial score (nSPS) is 10.6. The average molecular weight is 278 g/mol. The Bertz CT molecular complexity index is 572. The van der Waals surface area contributed by atoms with Crippen molar-refractivity contribution in [3.8, 4) is 5.75 Å². The summed E-state index contributed by atoms with van der Waals surface area (Å²) >= 11 is 0. The summed E-state index contributed by atoms with van der Waals surface area (Å²) in [5, 5.41) is 2.07. The zero-order valence-electron chi connectivity index (χ0n) is 11.4. The van der Waals surface area contributed by atoms with Crippen LogP contribution in [-0.4, -0.2) is 13.7 Å². The van der Waals surface area contributed by atoms with E-state index < -0.39 is 11.6 Å². The van der Waals surface area contributed by atoms with Crippen molar-refractivity contribution in [3.05, 3.63) is 65.2 Å². The van der Waals surface area contributed by atoms with Crippen molar-refractivity contribution in [3.63, 3.8) is 0 Å². The summed E-state index contributed by atoms with van der Waals surface area (Å²) in [5.74, 6) is -0.711. The summed E-state index contributed by atoms with van der Waals surface area (Å²) in [6.07, 6.45) is 0.869. The van der Waals surface area contributed by atoms with Crippen molar-refractivity contribution in [2.45, 2.75) is 13.0 Å². The number of ether oxygens (including phenoxy) is 1. The summed E-state index contributed by atoms with van der Waals surface area (Å²) in [4.78, 5) is 0. The zero-order valence-corrected chi connectivity index (χ0v) is 11.4. The molecule has 0 unspecified atom stereocenters. The molecule has 0 aliphatic heterocycles. The average Bonchev–Trinajstić information content (AvgIpc) is 2.47. The van der Waals surface area contributed by atoms with Gasteiger partial charge in [0.05, 0.1) is 13.7 Å². The second kappa shape index (κ2) is 7.01. The van der Waals surface area contributed by atoms with Crippen LogP contribution in [0, 0.1) is 11.6 Å². The van der Waals surface area contributed by atoms with Gasteiger partial charge in [-0.25, -0.2) is 8.78 Å². The van der Waals surface area contributed by atoms with E-state index in [1.165, 1.54) is 12.1 Å². The molecule has 2 rings (SSSR count). The summed E-state index contributed by atoms with van der Waals surface area (Å²) in [7, 11) is 1.66. The first-order chi connectivity index (χ1) is 9.70. The van der Waals surface area contributed by atoms with Gasteiger partial charge in [-0.1, -0.05) is 24.3 Å². The highest BCUT2D eigenvalue weighted by Gasteiger charge is 2.05. The van der Waals surface area contributed by atoms with Crippen LogP contribution in [0.15, 0.2) is 42.5 Å². The third-order valence-electron chi connectivity index (χ3n) is 3.17. The highest BCUT2D eigenvalue weighted by atomic mass is 19.2. The first-order valence-corrected chi connectivity index (χ1v) is 6.58. The molecule has 0 fully saturated rings. The molecule has 106 valence electrons. The van der Waals surface area contributed by atoms with Gasteiger partial charge in [-0.3, -0.25) is 0 Å². The third-order valence-corrected chi connectivity index (χ3v) is 3.17. The van der Waals surface area contributed by atoms with Crippen molar-refractivity contribution in [1.29, 1.82) is 0 Å². The molecule has 0 amide bonds. The number of benzene rings is 2. The predicted molar refractivity (Wildman–Crippen MR) is 73.6 cm³/mol. The van der Waals surface area contributed by atoms with Crippen molar-refractivity contribution >= 4 is 0 Å². The molecule has 2 aromatic carbocycles. The number of halogens is 2. The molecule has 2 N–H and O–H groups in total. The number of nitrogens with two attached hydrogens (primary N) is 1. The smallest absolute Gasteiger partial charge is 0.159 e. The Balaban J connectivity index is 1.83. The van der Waals surface area contributed by atoms with Crippen LogP contribution in [0.2, 0.25) is 0 Å². The number of quaternary nitrogens is 1. The molecule has 0 aliphatic rings. The molecule has 0 heterocycles. The number of rotatable bonds is 6. The standard InChI is InChI=1S/C16H17F2NO/c1-20-16-5-3-2-4-13(16)8-9-19-11-12-6-7-14(17)15(18)10-12/h2-7,10,19H,8-9,11H2,1H3/p+1. The zero-order chi connectivity index (χ0) is 14.4. The van der Waals surface area contributed by atoms with Gasteiger partial charge in [-0.05, 0) is 23.8 Å². The first-order valence-electron chi connectivity index (χ1n) is 6.58. The lowest BCUT2D eigenvalue weighted by Gasteiger charge is -2.07. The van der Waals surface area contributed by atoms with Gasteiger partial charge in [-0.15, -0.1) is 0 Å². The van der Waals surface area contributed by atoms with Crippen molar-refractivity contribution < 1.29 is 18.8 Å². The van der Waals surface area contributed by atoms with Crippen LogP contribution in [0.25, 0.3) is 0 Å². The molecule has 0 aliphatic carbocycles. The monoisotopic (exact) mass is 278 g/mol. The Labute approximate surface area is 117 Å². The van der Waals surface area contributed by atoms with E-state index in [2.05, 4.69) is 5.32 Å². The molecule has 0 aromatic heterocycles. The summed E-state index contributed by atoms with van der Waals surface area (Å²) in [6, 6.07) is 11.9. The van der Waals surface area contributed by atoms with E-state index in [-0.39, 0.29) is 0 Å². The Kier molecular flexibility index (Phi) is 5.07.